The molecule has 2 aromatic rings. The van der Waals surface area contributed by atoms with Crippen LogP contribution in [0.3, 0.4) is 0 Å². The predicted molar refractivity (Wildman–Crippen MR) is 67.1 cm³/mol. The summed E-state index contributed by atoms with van der Waals surface area (Å²) in [6.07, 6.45) is 1.37. The van der Waals surface area contributed by atoms with Gasteiger partial charge in [0.15, 0.2) is 5.16 Å². The molecular weight excluding hydrogens is 258 g/mol. The van der Waals surface area contributed by atoms with Gasteiger partial charge in [0.25, 0.3) is 0 Å². The van der Waals surface area contributed by atoms with Crippen LogP contribution in [-0.2, 0) is 0 Å². The molecule has 7 heteroatoms. The van der Waals surface area contributed by atoms with Crippen molar-refractivity contribution in [3.05, 3.63) is 28.8 Å². The number of nitrogens with zero attached hydrogens (tertiary/aromatic N) is 4. The Kier molecular flexibility index (Phi) is 3.44. The van der Waals surface area contributed by atoms with Crippen LogP contribution in [0, 0.1) is 13.8 Å². The van der Waals surface area contributed by atoms with Crippen LogP contribution in [0.25, 0.3) is 0 Å². The first kappa shape index (κ1) is 12.1. The number of hydrogen-bond acceptors (Lipinski definition) is 6. The second-order valence-electron chi connectivity index (χ2n) is 3.41. The molecule has 0 saturated carbocycles. The standard InChI is InChI=1S/C10H10ClN5S/c1-5-3-6(2)16-10(15-5)17-9-7(11)8(12)13-4-14-9/h3-4H,1-2H3,(H2,12,13,14). The molecular formula is C10H10ClN5S. The predicted octanol–water partition coefficient (Wildman–Crippen LogP) is 2.27. The van der Waals surface area contributed by atoms with Gasteiger partial charge in [0, 0.05) is 11.4 Å². The van der Waals surface area contributed by atoms with Crippen LogP contribution in [0.4, 0.5) is 5.82 Å². The van der Waals surface area contributed by atoms with E-state index in [2.05, 4.69) is 19.9 Å². The van der Waals surface area contributed by atoms with Crippen molar-refractivity contribution in [3.8, 4) is 0 Å². The number of nitrogen functional groups attached to an aromatic ring is 1. The minimum absolute atomic E-state index is 0.258. The Morgan fingerprint density at radius 2 is 1.82 bits per heavy atom. The average molecular weight is 268 g/mol. The van der Waals surface area contributed by atoms with Gasteiger partial charge in [0.05, 0.1) is 0 Å². The van der Waals surface area contributed by atoms with Gasteiger partial charge in [-0.3, -0.25) is 0 Å². The summed E-state index contributed by atoms with van der Waals surface area (Å²) < 4.78 is 0. The van der Waals surface area contributed by atoms with Crippen LogP contribution in [-0.4, -0.2) is 19.9 Å². The van der Waals surface area contributed by atoms with E-state index in [9.17, 15) is 0 Å². The smallest absolute Gasteiger partial charge is 0.194 e. The van der Waals surface area contributed by atoms with E-state index in [4.69, 9.17) is 17.3 Å². The third kappa shape index (κ3) is 2.83. The maximum absolute atomic E-state index is 6.00. The van der Waals surface area contributed by atoms with Crippen LogP contribution in [0.5, 0.6) is 0 Å². The lowest BCUT2D eigenvalue weighted by Crippen LogP contribution is -1.96. The largest absolute Gasteiger partial charge is 0.382 e. The van der Waals surface area contributed by atoms with Gasteiger partial charge in [-0.25, -0.2) is 19.9 Å². The summed E-state index contributed by atoms with van der Waals surface area (Å²) in [6, 6.07) is 1.90. The molecule has 88 valence electrons. The molecule has 5 nitrogen and oxygen atoms in total. The molecule has 0 bridgehead atoms. The minimum Gasteiger partial charge on any atom is -0.382 e. The Morgan fingerprint density at radius 3 is 2.47 bits per heavy atom. The number of aromatic nitrogens is 4. The molecule has 0 spiro atoms. The minimum atomic E-state index is 0.258. The van der Waals surface area contributed by atoms with Gasteiger partial charge in [-0.15, -0.1) is 0 Å². The highest BCUT2D eigenvalue weighted by Crippen LogP contribution is 2.31. The highest BCUT2D eigenvalue weighted by atomic mass is 35.5. The summed E-state index contributed by atoms with van der Waals surface area (Å²) in [5.74, 6) is 0.258. The second-order valence-corrected chi connectivity index (χ2v) is 4.75. The summed E-state index contributed by atoms with van der Waals surface area (Å²) >= 11 is 7.27. The van der Waals surface area contributed by atoms with Crippen molar-refractivity contribution >= 4 is 29.2 Å². The zero-order valence-corrected chi connectivity index (χ0v) is 10.9. The molecule has 0 aromatic carbocycles. The first-order chi connectivity index (χ1) is 8.06. The van der Waals surface area contributed by atoms with E-state index in [0.717, 1.165) is 11.4 Å². The Balaban J connectivity index is 2.34. The molecule has 0 saturated heterocycles. The summed E-state index contributed by atoms with van der Waals surface area (Å²) in [4.78, 5) is 16.4. The van der Waals surface area contributed by atoms with Crippen LogP contribution in [0.15, 0.2) is 22.6 Å². The van der Waals surface area contributed by atoms with Gasteiger partial charge < -0.3 is 5.73 Å². The second kappa shape index (κ2) is 4.85. The van der Waals surface area contributed by atoms with Gasteiger partial charge in [-0.1, -0.05) is 11.6 Å². The lowest BCUT2D eigenvalue weighted by atomic mass is 10.4. The Morgan fingerprint density at radius 1 is 1.18 bits per heavy atom. The number of halogens is 1. The summed E-state index contributed by atoms with van der Waals surface area (Å²) in [5, 5.41) is 1.49. The highest BCUT2D eigenvalue weighted by molar-refractivity contribution is 7.99. The fraction of sp³-hybridized carbons (Fsp3) is 0.200. The third-order valence-corrected chi connectivity index (χ3v) is 3.29. The summed E-state index contributed by atoms with van der Waals surface area (Å²) in [5.41, 5.74) is 7.40. The number of aryl methyl sites for hydroxylation is 2. The zero-order valence-electron chi connectivity index (χ0n) is 9.31. The number of anilines is 1. The SMILES string of the molecule is Cc1cc(C)nc(Sc2ncnc(N)c2Cl)n1. The monoisotopic (exact) mass is 267 g/mol. The van der Waals surface area contributed by atoms with Crippen molar-refractivity contribution in [2.45, 2.75) is 24.0 Å². The maximum Gasteiger partial charge on any atom is 0.194 e. The van der Waals surface area contributed by atoms with Crippen LogP contribution in [0.2, 0.25) is 5.02 Å². The molecule has 2 aromatic heterocycles. The van der Waals surface area contributed by atoms with E-state index in [1.807, 2.05) is 19.9 Å². The van der Waals surface area contributed by atoms with E-state index < -0.39 is 0 Å². The summed E-state index contributed by atoms with van der Waals surface area (Å²) in [6.45, 7) is 3.82. The molecule has 0 aliphatic heterocycles. The van der Waals surface area contributed by atoms with Crippen molar-refractivity contribution in [1.29, 1.82) is 0 Å². The van der Waals surface area contributed by atoms with E-state index in [0.29, 0.717) is 15.2 Å². The molecule has 2 heterocycles. The normalized spacial score (nSPS) is 10.5. The highest BCUT2D eigenvalue weighted by Gasteiger charge is 2.10. The maximum atomic E-state index is 6.00. The van der Waals surface area contributed by atoms with Crippen molar-refractivity contribution in [1.82, 2.24) is 19.9 Å². The van der Waals surface area contributed by atoms with E-state index in [1.165, 1.54) is 18.1 Å². The van der Waals surface area contributed by atoms with E-state index >= 15 is 0 Å². The lowest BCUT2D eigenvalue weighted by Gasteiger charge is -2.04. The average Bonchev–Trinajstić information content (AvgIpc) is 2.23. The summed E-state index contributed by atoms with van der Waals surface area (Å²) in [7, 11) is 0. The van der Waals surface area contributed by atoms with Crippen molar-refractivity contribution in [2.75, 3.05) is 5.73 Å². The van der Waals surface area contributed by atoms with E-state index in [1.54, 1.807) is 0 Å². The van der Waals surface area contributed by atoms with Gasteiger partial charge >= 0.3 is 0 Å². The first-order valence-corrected chi connectivity index (χ1v) is 6.02. The van der Waals surface area contributed by atoms with Gasteiger partial charge in [0.2, 0.25) is 0 Å². The Bertz CT molecular complexity index is 540. The molecule has 0 fully saturated rings. The lowest BCUT2D eigenvalue weighted by molar-refractivity contribution is 0.897. The fourth-order valence-corrected chi connectivity index (χ4v) is 2.32. The topological polar surface area (TPSA) is 77.6 Å². The molecule has 2 N–H and O–H groups in total. The molecule has 0 aliphatic rings. The van der Waals surface area contributed by atoms with Crippen LogP contribution >= 0.6 is 23.4 Å². The first-order valence-electron chi connectivity index (χ1n) is 4.82. The van der Waals surface area contributed by atoms with Gasteiger partial charge in [-0.2, -0.15) is 0 Å². The van der Waals surface area contributed by atoms with Crippen LogP contribution in [0.1, 0.15) is 11.4 Å². The molecule has 0 atom stereocenters. The van der Waals surface area contributed by atoms with E-state index in [-0.39, 0.29) is 5.82 Å². The third-order valence-electron chi connectivity index (χ3n) is 1.93. The molecule has 0 radical (unpaired) electrons. The number of rotatable bonds is 2. The quantitative estimate of drug-likeness (QED) is 0.664. The Labute approximate surface area is 108 Å². The van der Waals surface area contributed by atoms with Crippen molar-refractivity contribution < 1.29 is 0 Å². The fourth-order valence-electron chi connectivity index (χ4n) is 1.26. The number of nitrogens with two attached hydrogens (primary N) is 1. The van der Waals surface area contributed by atoms with Crippen LogP contribution < -0.4 is 5.73 Å². The van der Waals surface area contributed by atoms with Gasteiger partial charge in [0.1, 0.15) is 22.2 Å². The van der Waals surface area contributed by atoms with Crippen molar-refractivity contribution in [3.63, 3.8) is 0 Å². The molecule has 2 rings (SSSR count). The van der Waals surface area contributed by atoms with Crippen molar-refractivity contribution in [2.24, 2.45) is 0 Å². The van der Waals surface area contributed by atoms with Gasteiger partial charge in [-0.05, 0) is 31.7 Å². The molecule has 0 unspecified atom stereocenters. The molecule has 0 amide bonds. The molecule has 0 aliphatic carbocycles. The number of hydrogen-bond donors (Lipinski definition) is 1. The zero-order chi connectivity index (χ0) is 12.4. The molecule has 17 heavy (non-hydrogen) atoms. The Hall–Kier alpha value is -1.40.